The molecule has 0 bridgehead atoms. The topological polar surface area (TPSA) is 75.4 Å². The van der Waals surface area contributed by atoms with Gasteiger partial charge >= 0.3 is 0 Å². The van der Waals surface area contributed by atoms with E-state index in [1.54, 1.807) is 36.2 Å². The first-order valence-electron chi connectivity index (χ1n) is 5.49. The molecule has 1 unspecified atom stereocenters. The number of hydrogen-bond donors (Lipinski definition) is 2. The molecule has 0 aromatic heterocycles. The summed E-state index contributed by atoms with van der Waals surface area (Å²) in [5.74, 6) is -0.350. The molecule has 2 amide bonds. The molecule has 1 aromatic carbocycles. The van der Waals surface area contributed by atoms with E-state index in [4.69, 9.17) is 5.73 Å². The van der Waals surface area contributed by atoms with Crippen LogP contribution in [0.1, 0.15) is 16.8 Å². The van der Waals surface area contributed by atoms with Gasteiger partial charge in [0, 0.05) is 24.8 Å². The highest BCUT2D eigenvalue weighted by molar-refractivity contribution is 5.93. The summed E-state index contributed by atoms with van der Waals surface area (Å²) in [6.07, 6.45) is 0.799. The van der Waals surface area contributed by atoms with Crippen molar-refractivity contribution in [3.8, 4) is 0 Å². The maximum Gasteiger partial charge on any atom is 0.248 e. The predicted molar refractivity (Wildman–Crippen MR) is 64.6 cm³/mol. The van der Waals surface area contributed by atoms with Crippen molar-refractivity contribution in [2.45, 2.75) is 12.5 Å². The van der Waals surface area contributed by atoms with Gasteiger partial charge in [-0.3, -0.25) is 9.59 Å². The van der Waals surface area contributed by atoms with Crippen LogP contribution in [-0.2, 0) is 4.79 Å². The van der Waals surface area contributed by atoms with Crippen LogP contribution in [0.5, 0.6) is 0 Å². The SMILES string of the molecule is CN1CCC(Nc2ccc(C(N)=O)cc2)C1=O. The first-order chi connectivity index (χ1) is 8.08. The molecule has 90 valence electrons. The van der Waals surface area contributed by atoms with E-state index >= 15 is 0 Å². The fourth-order valence-electron chi connectivity index (χ4n) is 1.89. The second-order valence-electron chi connectivity index (χ2n) is 4.19. The Morgan fingerprint density at radius 2 is 2.06 bits per heavy atom. The van der Waals surface area contributed by atoms with E-state index < -0.39 is 5.91 Å². The molecule has 5 heteroatoms. The molecule has 1 atom stereocenters. The van der Waals surface area contributed by atoms with Gasteiger partial charge in [-0.2, -0.15) is 0 Å². The Balaban J connectivity index is 2.04. The number of anilines is 1. The highest BCUT2D eigenvalue weighted by atomic mass is 16.2. The van der Waals surface area contributed by atoms with Crippen molar-refractivity contribution in [3.05, 3.63) is 29.8 Å². The van der Waals surface area contributed by atoms with E-state index in [2.05, 4.69) is 5.32 Å². The zero-order valence-corrected chi connectivity index (χ0v) is 9.64. The van der Waals surface area contributed by atoms with E-state index in [-0.39, 0.29) is 11.9 Å². The van der Waals surface area contributed by atoms with E-state index in [1.165, 1.54) is 0 Å². The van der Waals surface area contributed by atoms with Gasteiger partial charge in [-0.25, -0.2) is 0 Å². The molecule has 1 heterocycles. The minimum Gasteiger partial charge on any atom is -0.374 e. The van der Waals surface area contributed by atoms with Gasteiger partial charge in [-0.05, 0) is 30.7 Å². The third kappa shape index (κ3) is 2.38. The standard InChI is InChI=1S/C12H15N3O2/c1-15-7-6-10(12(15)17)14-9-4-2-8(3-5-9)11(13)16/h2-5,10,14H,6-7H2,1H3,(H2,13,16). The van der Waals surface area contributed by atoms with Crippen molar-refractivity contribution in [1.82, 2.24) is 4.90 Å². The van der Waals surface area contributed by atoms with Gasteiger partial charge in [0.1, 0.15) is 6.04 Å². The lowest BCUT2D eigenvalue weighted by molar-refractivity contribution is -0.127. The van der Waals surface area contributed by atoms with Crippen LogP contribution in [0.15, 0.2) is 24.3 Å². The number of likely N-dealkylation sites (tertiary alicyclic amines) is 1. The third-order valence-corrected chi connectivity index (χ3v) is 2.94. The third-order valence-electron chi connectivity index (χ3n) is 2.94. The predicted octanol–water partition coefficient (Wildman–Crippen LogP) is 0.428. The summed E-state index contributed by atoms with van der Waals surface area (Å²) in [4.78, 5) is 24.3. The van der Waals surface area contributed by atoms with Gasteiger partial charge in [0.05, 0.1) is 0 Å². The van der Waals surface area contributed by atoms with Crippen LogP contribution in [-0.4, -0.2) is 36.3 Å². The first-order valence-corrected chi connectivity index (χ1v) is 5.49. The number of hydrogen-bond acceptors (Lipinski definition) is 3. The molecule has 1 fully saturated rings. The van der Waals surface area contributed by atoms with Crippen LogP contribution < -0.4 is 11.1 Å². The number of rotatable bonds is 3. The number of carbonyl (C=O) groups excluding carboxylic acids is 2. The summed E-state index contributed by atoms with van der Waals surface area (Å²) in [7, 11) is 1.79. The molecule has 0 radical (unpaired) electrons. The maximum absolute atomic E-state index is 11.7. The fraction of sp³-hybridized carbons (Fsp3) is 0.333. The van der Waals surface area contributed by atoms with E-state index in [1.807, 2.05) is 0 Å². The van der Waals surface area contributed by atoms with Gasteiger partial charge in [0.15, 0.2) is 0 Å². The first kappa shape index (κ1) is 11.4. The minimum absolute atomic E-state index is 0.101. The number of nitrogens with zero attached hydrogens (tertiary/aromatic N) is 1. The average molecular weight is 233 g/mol. The van der Waals surface area contributed by atoms with E-state index in [9.17, 15) is 9.59 Å². The quantitative estimate of drug-likeness (QED) is 0.794. The summed E-state index contributed by atoms with van der Waals surface area (Å²) in [5.41, 5.74) is 6.43. The summed E-state index contributed by atoms with van der Waals surface area (Å²) in [6.45, 7) is 0.774. The van der Waals surface area contributed by atoms with Crippen molar-refractivity contribution >= 4 is 17.5 Å². The summed E-state index contributed by atoms with van der Waals surface area (Å²) in [5, 5.41) is 3.14. The van der Waals surface area contributed by atoms with Crippen molar-refractivity contribution in [2.24, 2.45) is 5.73 Å². The highest BCUT2D eigenvalue weighted by Gasteiger charge is 2.28. The fourth-order valence-corrected chi connectivity index (χ4v) is 1.89. The van der Waals surface area contributed by atoms with Crippen molar-refractivity contribution < 1.29 is 9.59 Å². The molecule has 5 nitrogen and oxygen atoms in total. The number of likely N-dealkylation sites (N-methyl/N-ethyl adjacent to an activating group) is 1. The number of amides is 2. The van der Waals surface area contributed by atoms with Crippen LogP contribution in [0.25, 0.3) is 0 Å². The molecular formula is C12H15N3O2. The van der Waals surface area contributed by atoms with Crippen molar-refractivity contribution in [1.29, 1.82) is 0 Å². The highest BCUT2D eigenvalue weighted by Crippen LogP contribution is 2.16. The minimum atomic E-state index is -0.451. The van der Waals surface area contributed by atoms with Crippen molar-refractivity contribution in [2.75, 3.05) is 18.9 Å². The zero-order chi connectivity index (χ0) is 12.4. The number of nitrogens with one attached hydrogen (secondary N) is 1. The Morgan fingerprint density at radius 1 is 1.41 bits per heavy atom. The van der Waals surface area contributed by atoms with Crippen LogP contribution in [0.3, 0.4) is 0 Å². The Hall–Kier alpha value is -2.04. The Morgan fingerprint density at radius 3 is 2.53 bits per heavy atom. The van der Waals surface area contributed by atoms with E-state index in [0.29, 0.717) is 5.56 Å². The van der Waals surface area contributed by atoms with Crippen molar-refractivity contribution in [3.63, 3.8) is 0 Å². The normalized spacial score (nSPS) is 19.5. The number of carbonyl (C=O) groups is 2. The van der Waals surface area contributed by atoms with Gasteiger partial charge in [0.2, 0.25) is 11.8 Å². The van der Waals surface area contributed by atoms with Gasteiger partial charge < -0.3 is 16.0 Å². The number of benzene rings is 1. The second kappa shape index (κ2) is 4.45. The van der Waals surface area contributed by atoms with Gasteiger partial charge in [-0.15, -0.1) is 0 Å². The number of nitrogens with two attached hydrogens (primary N) is 1. The molecule has 1 aliphatic rings. The molecule has 3 N–H and O–H groups in total. The van der Waals surface area contributed by atoms with Gasteiger partial charge in [0.25, 0.3) is 0 Å². The van der Waals surface area contributed by atoms with Crippen LogP contribution in [0, 0.1) is 0 Å². The molecule has 17 heavy (non-hydrogen) atoms. The smallest absolute Gasteiger partial charge is 0.248 e. The Labute approximate surface area is 99.6 Å². The lowest BCUT2D eigenvalue weighted by atomic mass is 10.1. The van der Waals surface area contributed by atoms with Gasteiger partial charge in [-0.1, -0.05) is 0 Å². The molecule has 1 saturated heterocycles. The average Bonchev–Trinajstić information content (AvgIpc) is 2.62. The molecule has 0 aliphatic carbocycles. The lowest BCUT2D eigenvalue weighted by Gasteiger charge is -2.13. The van der Waals surface area contributed by atoms with E-state index in [0.717, 1.165) is 18.7 Å². The van der Waals surface area contributed by atoms with Crippen LogP contribution in [0.2, 0.25) is 0 Å². The molecule has 2 rings (SSSR count). The lowest BCUT2D eigenvalue weighted by Crippen LogP contribution is -2.30. The van der Waals surface area contributed by atoms with Crippen LogP contribution in [0.4, 0.5) is 5.69 Å². The summed E-state index contributed by atoms with van der Waals surface area (Å²) in [6, 6.07) is 6.64. The molecular weight excluding hydrogens is 218 g/mol. The largest absolute Gasteiger partial charge is 0.374 e. The molecule has 1 aliphatic heterocycles. The Kier molecular flexibility index (Phi) is 2.99. The maximum atomic E-state index is 11.7. The zero-order valence-electron chi connectivity index (χ0n) is 9.64. The molecule has 0 spiro atoms. The van der Waals surface area contributed by atoms with Crippen LogP contribution >= 0.6 is 0 Å². The number of primary amides is 1. The molecule has 0 saturated carbocycles. The second-order valence-corrected chi connectivity index (χ2v) is 4.19. The summed E-state index contributed by atoms with van der Waals surface area (Å²) >= 11 is 0. The monoisotopic (exact) mass is 233 g/mol. The Bertz CT molecular complexity index is 442. The molecule has 1 aromatic rings. The summed E-state index contributed by atoms with van der Waals surface area (Å²) < 4.78 is 0.